The van der Waals surface area contributed by atoms with Crippen molar-refractivity contribution in [1.29, 1.82) is 0 Å². The Morgan fingerprint density at radius 2 is 1.62 bits per heavy atom. The summed E-state index contributed by atoms with van der Waals surface area (Å²) in [5, 5.41) is 4.65. The maximum atomic E-state index is 12.6. The van der Waals surface area contributed by atoms with Crippen molar-refractivity contribution in [3.8, 4) is 5.75 Å². The normalized spacial score (nSPS) is 11.3. The Kier molecular flexibility index (Phi) is 4.95. The molecule has 3 rings (SSSR count). The first-order valence-electron chi connectivity index (χ1n) is 8.16. The lowest BCUT2D eigenvalue weighted by Gasteiger charge is -2.12. The van der Waals surface area contributed by atoms with Crippen molar-refractivity contribution in [2.24, 2.45) is 0 Å². The fraction of sp³-hybridized carbons (Fsp3) is 0.150. The van der Waals surface area contributed by atoms with Gasteiger partial charge in [0.2, 0.25) is 0 Å². The number of rotatable bonds is 5. The van der Waals surface area contributed by atoms with Gasteiger partial charge < -0.3 is 10.1 Å². The molecule has 0 atom stereocenters. The molecular formula is C20H19NO4S. The molecule has 5 nitrogen and oxygen atoms in total. The average molecular weight is 369 g/mol. The largest absolute Gasteiger partial charge is 0.496 e. The number of methoxy groups -OCH3 is 1. The number of ether oxygens (including phenoxy) is 1. The monoisotopic (exact) mass is 369 g/mol. The first kappa shape index (κ1) is 17.9. The van der Waals surface area contributed by atoms with Crippen LogP contribution in [0.15, 0.2) is 65.6 Å². The SMILES string of the molecule is CCS(=O)(=O)c1ccc(C(=O)Nc2ccc(OC)c3ccccc23)cc1. The smallest absolute Gasteiger partial charge is 0.255 e. The second-order valence-corrected chi connectivity index (χ2v) is 8.02. The van der Waals surface area contributed by atoms with Gasteiger partial charge in [0.1, 0.15) is 5.75 Å². The van der Waals surface area contributed by atoms with Crippen LogP contribution in [0.1, 0.15) is 17.3 Å². The summed E-state index contributed by atoms with van der Waals surface area (Å²) in [6.45, 7) is 1.59. The highest BCUT2D eigenvalue weighted by Gasteiger charge is 2.14. The van der Waals surface area contributed by atoms with E-state index in [9.17, 15) is 13.2 Å². The van der Waals surface area contributed by atoms with E-state index in [1.165, 1.54) is 24.3 Å². The zero-order valence-electron chi connectivity index (χ0n) is 14.5. The minimum atomic E-state index is -3.28. The molecule has 0 heterocycles. The van der Waals surface area contributed by atoms with E-state index in [1.54, 1.807) is 26.2 Å². The summed E-state index contributed by atoms with van der Waals surface area (Å²) in [6.07, 6.45) is 0. The molecule has 1 amide bonds. The molecule has 6 heteroatoms. The standard InChI is InChI=1S/C20H19NO4S/c1-3-26(23,24)15-10-8-14(9-11-15)20(22)21-18-12-13-19(25-2)17-7-5-4-6-16(17)18/h4-13H,3H2,1-2H3,(H,21,22). The number of carbonyl (C=O) groups is 1. The van der Waals surface area contributed by atoms with E-state index < -0.39 is 9.84 Å². The lowest BCUT2D eigenvalue weighted by atomic mass is 10.1. The average Bonchev–Trinajstić information content (AvgIpc) is 2.68. The maximum absolute atomic E-state index is 12.6. The molecule has 0 aliphatic heterocycles. The highest BCUT2D eigenvalue weighted by atomic mass is 32.2. The molecule has 134 valence electrons. The molecule has 0 aliphatic carbocycles. The van der Waals surface area contributed by atoms with Crippen LogP contribution in [-0.2, 0) is 9.84 Å². The molecule has 0 bridgehead atoms. The Morgan fingerprint density at radius 1 is 0.962 bits per heavy atom. The van der Waals surface area contributed by atoms with E-state index in [4.69, 9.17) is 4.74 Å². The minimum absolute atomic E-state index is 0.0242. The highest BCUT2D eigenvalue weighted by Crippen LogP contribution is 2.31. The summed E-state index contributed by atoms with van der Waals surface area (Å²) in [5.41, 5.74) is 1.05. The highest BCUT2D eigenvalue weighted by molar-refractivity contribution is 7.91. The van der Waals surface area contributed by atoms with Crippen LogP contribution in [-0.4, -0.2) is 27.2 Å². The van der Waals surface area contributed by atoms with Crippen molar-refractivity contribution in [3.63, 3.8) is 0 Å². The minimum Gasteiger partial charge on any atom is -0.496 e. The van der Waals surface area contributed by atoms with Gasteiger partial charge in [-0.15, -0.1) is 0 Å². The van der Waals surface area contributed by atoms with E-state index >= 15 is 0 Å². The molecule has 26 heavy (non-hydrogen) atoms. The van der Waals surface area contributed by atoms with Gasteiger partial charge in [0.15, 0.2) is 9.84 Å². The fourth-order valence-electron chi connectivity index (χ4n) is 2.73. The van der Waals surface area contributed by atoms with Gasteiger partial charge in [-0.1, -0.05) is 31.2 Å². The van der Waals surface area contributed by atoms with Crippen LogP contribution in [0.2, 0.25) is 0 Å². The van der Waals surface area contributed by atoms with Crippen LogP contribution < -0.4 is 10.1 Å². The van der Waals surface area contributed by atoms with Crippen molar-refractivity contribution in [2.75, 3.05) is 18.2 Å². The van der Waals surface area contributed by atoms with Gasteiger partial charge in [0.05, 0.1) is 17.8 Å². The van der Waals surface area contributed by atoms with Crippen LogP contribution in [0.4, 0.5) is 5.69 Å². The van der Waals surface area contributed by atoms with Crippen LogP contribution in [0.3, 0.4) is 0 Å². The van der Waals surface area contributed by atoms with Crippen LogP contribution in [0, 0.1) is 0 Å². The van der Waals surface area contributed by atoms with Gasteiger partial charge in [0, 0.05) is 22.0 Å². The van der Waals surface area contributed by atoms with E-state index in [1.807, 2.05) is 24.3 Å². The molecule has 0 saturated carbocycles. The predicted octanol–water partition coefficient (Wildman–Crippen LogP) is 3.89. The lowest BCUT2D eigenvalue weighted by molar-refractivity contribution is 0.102. The third-order valence-corrected chi connectivity index (χ3v) is 5.96. The molecule has 1 N–H and O–H groups in total. The Labute approximate surface area is 152 Å². The number of carbonyl (C=O) groups excluding carboxylic acids is 1. The first-order valence-corrected chi connectivity index (χ1v) is 9.81. The molecule has 3 aromatic carbocycles. The second-order valence-electron chi connectivity index (χ2n) is 5.74. The number of fused-ring (bicyclic) bond motifs is 1. The van der Waals surface area contributed by atoms with E-state index in [-0.39, 0.29) is 16.6 Å². The van der Waals surface area contributed by atoms with Crippen molar-refractivity contribution in [3.05, 3.63) is 66.2 Å². The van der Waals surface area contributed by atoms with Crippen LogP contribution in [0.5, 0.6) is 5.75 Å². The number of hydrogen-bond acceptors (Lipinski definition) is 4. The zero-order chi connectivity index (χ0) is 18.7. The third kappa shape index (κ3) is 3.41. The summed E-state index contributed by atoms with van der Waals surface area (Å²) in [7, 11) is -1.68. The topological polar surface area (TPSA) is 72.5 Å². The second kappa shape index (κ2) is 7.17. The molecule has 0 spiro atoms. The van der Waals surface area contributed by atoms with E-state index in [0.717, 1.165) is 16.5 Å². The summed E-state index contributed by atoms with van der Waals surface area (Å²) in [6, 6.07) is 17.2. The number of nitrogens with one attached hydrogen (secondary N) is 1. The molecule has 0 radical (unpaired) electrons. The predicted molar refractivity (Wildman–Crippen MR) is 103 cm³/mol. The van der Waals surface area contributed by atoms with Gasteiger partial charge in [-0.25, -0.2) is 8.42 Å². The lowest BCUT2D eigenvalue weighted by Crippen LogP contribution is -2.12. The van der Waals surface area contributed by atoms with Gasteiger partial charge >= 0.3 is 0 Å². The molecule has 0 fully saturated rings. The Bertz CT molecular complexity index is 1060. The van der Waals surface area contributed by atoms with Gasteiger partial charge in [-0.3, -0.25) is 4.79 Å². The van der Waals surface area contributed by atoms with Crippen molar-refractivity contribution >= 4 is 32.2 Å². The Morgan fingerprint density at radius 3 is 2.23 bits per heavy atom. The zero-order valence-corrected chi connectivity index (χ0v) is 15.3. The number of hydrogen-bond donors (Lipinski definition) is 1. The Hall–Kier alpha value is -2.86. The first-order chi connectivity index (χ1) is 12.5. The quantitative estimate of drug-likeness (QED) is 0.740. The van der Waals surface area contributed by atoms with Gasteiger partial charge in [0.25, 0.3) is 5.91 Å². The van der Waals surface area contributed by atoms with Crippen LogP contribution in [0.25, 0.3) is 10.8 Å². The Balaban J connectivity index is 1.90. The molecule has 0 saturated heterocycles. The number of sulfone groups is 1. The van der Waals surface area contributed by atoms with Gasteiger partial charge in [-0.05, 0) is 36.4 Å². The number of anilines is 1. The molecule has 3 aromatic rings. The summed E-state index contributed by atoms with van der Waals surface area (Å²) < 4.78 is 29.1. The van der Waals surface area contributed by atoms with Crippen molar-refractivity contribution in [2.45, 2.75) is 11.8 Å². The van der Waals surface area contributed by atoms with Gasteiger partial charge in [-0.2, -0.15) is 0 Å². The molecule has 0 aromatic heterocycles. The van der Waals surface area contributed by atoms with E-state index in [0.29, 0.717) is 11.3 Å². The third-order valence-electron chi connectivity index (χ3n) is 4.21. The molecule has 0 aliphatic rings. The van der Waals surface area contributed by atoms with Crippen LogP contribution >= 0.6 is 0 Å². The number of amides is 1. The number of benzene rings is 3. The summed E-state index contributed by atoms with van der Waals surface area (Å²) in [5.74, 6) is 0.449. The van der Waals surface area contributed by atoms with Crippen molar-refractivity contribution < 1.29 is 17.9 Å². The van der Waals surface area contributed by atoms with Crippen molar-refractivity contribution in [1.82, 2.24) is 0 Å². The van der Waals surface area contributed by atoms with E-state index in [2.05, 4.69) is 5.32 Å². The molecule has 0 unspecified atom stereocenters. The summed E-state index contributed by atoms with van der Waals surface area (Å²) >= 11 is 0. The fourth-order valence-corrected chi connectivity index (χ4v) is 3.62. The summed E-state index contributed by atoms with van der Waals surface area (Å²) in [4.78, 5) is 12.8. The molecular weight excluding hydrogens is 350 g/mol. The maximum Gasteiger partial charge on any atom is 0.255 e.